The molecule has 0 amide bonds. The van der Waals surface area contributed by atoms with E-state index in [0.717, 1.165) is 12.1 Å². The third kappa shape index (κ3) is 9.49. The summed E-state index contributed by atoms with van der Waals surface area (Å²) < 4.78 is 51.1. The Morgan fingerprint density at radius 3 is 1.49 bits per heavy atom. The van der Waals surface area contributed by atoms with Gasteiger partial charge in [-0.1, -0.05) is 0 Å². The molecular formula is C39H50O26. The number of hydrogen-bond donors (Lipinski definition) is 16. The van der Waals surface area contributed by atoms with Gasteiger partial charge in [-0.05, 0) is 24.3 Å². The third-order valence-electron chi connectivity index (χ3n) is 11.4. The second-order valence-corrected chi connectivity index (χ2v) is 15.7. The van der Waals surface area contributed by atoms with Crippen LogP contribution in [0.1, 0.15) is 0 Å². The van der Waals surface area contributed by atoms with E-state index in [1.807, 2.05) is 0 Å². The van der Waals surface area contributed by atoms with Crippen LogP contribution in [0.3, 0.4) is 0 Å². The molecule has 0 bridgehead atoms. The number of ether oxygens (including phenoxy) is 8. The summed E-state index contributed by atoms with van der Waals surface area (Å²) in [4.78, 5) is 14.4. The fourth-order valence-electron chi connectivity index (χ4n) is 7.77. The Morgan fingerprint density at radius 1 is 0.492 bits per heavy atom. The summed E-state index contributed by atoms with van der Waals surface area (Å²) in [6.45, 7) is -3.50. The summed E-state index contributed by atoms with van der Waals surface area (Å²) in [5, 5.41) is 166. The van der Waals surface area contributed by atoms with E-state index >= 15 is 0 Å². The zero-order valence-electron chi connectivity index (χ0n) is 33.6. The summed E-state index contributed by atoms with van der Waals surface area (Å²) in [5.41, 5.74) is -1.56. The minimum Gasteiger partial charge on any atom is -0.508 e. The predicted molar refractivity (Wildman–Crippen MR) is 205 cm³/mol. The normalized spacial score (nSPS) is 40.2. The second kappa shape index (κ2) is 20.1. The molecule has 3 aromatic rings. The minimum atomic E-state index is -2.05. The summed E-state index contributed by atoms with van der Waals surface area (Å²) >= 11 is 0. The van der Waals surface area contributed by atoms with Crippen molar-refractivity contribution in [1.82, 2.24) is 0 Å². The molecule has 0 radical (unpaired) electrons. The zero-order chi connectivity index (χ0) is 47.2. The van der Waals surface area contributed by atoms with Crippen molar-refractivity contribution in [3.8, 4) is 34.3 Å². The molecule has 4 saturated heterocycles. The van der Waals surface area contributed by atoms with Gasteiger partial charge in [0, 0.05) is 17.7 Å². The van der Waals surface area contributed by atoms with Crippen molar-refractivity contribution in [2.75, 3.05) is 26.4 Å². The fraction of sp³-hybridized carbons (Fsp3) is 0.615. The second-order valence-electron chi connectivity index (χ2n) is 15.7. The van der Waals surface area contributed by atoms with Crippen LogP contribution >= 0.6 is 0 Å². The lowest BCUT2D eigenvalue weighted by molar-refractivity contribution is -0.358. The van der Waals surface area contributed by atoms with E-state index < -0.39 is 183 Å². The van der Waals surface area contributed by atoms with Gasteiger partial charge in [0.2, 0.25) is 23.8 Å². The van der Waals surface area contributed by atoms with Crippen LogP contribution in [-0.4, -0.2) is 231 Å². The van der Waals surface area contributed by atoms with E-state index in [9.17, 15) is 86.5 Å². The van der Waals surface area contributed by atoms with Crippen LogP contribution in [-0.2, 0) is 28.4 Å². The number of benzene rings is 2. The lowest BCUT2D eigenvalue weighted by Gasteiger charge is -2.45. The molecule has 362 valence electrons. The van der Waals surface area contributed by atoms with Gasteiger partial charge in [0.15, 0.2) is 24.4 Å². The van der Waals surface area contributed by atoms with Crippen LogP contribution in [0.2, 0.25) is 0 Å². The summed E-state index contributed by atoms with van der Waals surface area (Å²) in [7, 11) is 0. The van der Waals surface area contributed by atoms with Crippen LogP contribution in [0, 0.1) is 0 Å². The van der Waals surface area contributed by atoms with Crippen molar-refractivity contribution in [3.05, 3.63) is 46.6 Å². The number of fused-ring (bicyclic) bond motifs is 1. The average molecular weight is 935 g/mol. The molecule has 0 spiro atoms. The molecule has 26 nitrogen and oxygen atoms in total. The molecular weight excluding hydrogens is 884 g/mol. The van der Waals surface area contributed by atoms with Crippen LogP contribution in [0.15, 0.2) is 45.6 Å². The largest absolute Gasteiger partial charge is 0.508 e. The highest BCUT2D eigenvalue weighted by atomic mass is 16.8. The molecule has 20 atom stereocenters. The van der Waals surface area contributed by atoms with Gasteiger partial charge < -0.3 is 124 Å². The first-order valence-electron chi connectivity index (χ1n) is 20.1. The third-order valence-corrected chi connectivity index (χ3v) is 11.4. The van der Waals surface area contributed by atoms with Gasteiger partial charge in [-0.2, -0.15) is 0 Å². The maximum atomic E-state index is 14.4. The molecule has 4 fully saturated rings. The van der Waals surface area contributed by atoms with Gasteiger partial charge in [-0.3, -0.25) is 4.79 Å². The van der Waals surface area contributed by atoms with Gasteiger partial charge in [0.1, 0.15) is 120 Å². The highest BCUT2D eigenvalue weighted by Gasteiger charge is 2.53. The molecule has 7 rings (SSSR count). The first-order chi connectivity index (χ1) is 30.9. The van der Waals surface area contributed by atoms with Crippen molar-refractivity contribution in [1.29, 1.82) is 0 Å². The van der Waals surface area contributed by atoms with Crippen molar-refractivity contribution in [2.24, 2.45) is 0 Å². The van der Waals surface area contributed by atoms with E-state index in [1.54, 1.807) is 0 Å². The van der Waals surface area contributed by atoms with Crippen LogP contribution < -0.4 is 14.9 Å². The standard InChI is InChI=1S/C39H50O26/c40-7-16-21(46)25(50)29(54)37(59-16)63-33-19(10-43)62-36(31(56)28(33)53)57-13-5-14(45)20-15(6-13)58-32(11-1-3-12(44)4-2-11)34(24(20)49)64-39-35(27(52)23(48)18(9-42)61-39)65-38-30(55)26(51)22(47)17(8-41)60-38/h1-6,16-19,21-23,25-31,33,35-48,50-56H,7-10H2/t16-,17-,18-,19-,21-,22-,23-,25+,26+,27+,28-,29-,30-,31-,33-,35-,36-,37+,38+,39+/m1/s1. The number of aromatic hydroxyl groups is 2. The Kier molecular flexibility index (Phi) is 15.1. The Labute approximate surface area is 364 Å². The monoisotopic (exact) mass is 934 g/mol. The maximum absolute atomic E-state index is 14.4. The van der Waals surface area contributed by atoms with Gasteiger partial charge in [-0.25, -0.2) is 0 Å². The summed E-state index contributed by atoms with van der Waals surface area (Å²) in [6, 6.07) is 6.85. The van der Waals surface area contributed by atoms with Crippen molar-refractivity contribution in [2.45, 2.75) is 123 Å². The van der Waals surface area contributed by atoms with E-state index in [0.29, 0.717) is 0 Å². The van der Waals surface area contributed by atoms with E-state index in [2.05, 4.69) is 0 Å². The quantitative estimate of drug-likeness (QED) is 0.0757. The Bertz CT molecular complexity index is 2120. The van der Waals surface area contributed by atoms with Gasteiger partial charge in [0.25, 0.3) is 0 Å². The molecule has 4 aliphatic heterocycles. The van der Waals surface area contributed by atoms with E-state index in [-0.39, 0.29) is 17.1 Å². The minimum absolute atomic E-state index is 0.0227. The van der Waals surface area contributed by atoms with Crippen LogP contribution in [0.25, 0.3) is 22.3 Å². The van der Waals surface area contributed by atoms with E-state index in [4.69, 9.17) is 42.3 Å². The van der Waals surface area contributed by atoms with E-state index in [1.165, 1.54) is 24.3 Å². The molecule has 0 aliphatic carbocycles. The first-order valence-corrected chi connectivity index (χ1v) is 20.1. The highest BCUT2D eigenvalue weighted by Crippen LogP contribution is 2.40. The number of hydrogen-bond acceptors (Lipinski definition) is 26. The molecule has 5 heterocycles. The molecule has 0 unspecified atom stereocenters. The van der Waals surface area contributed by atoms with Crippen LogP contribution in [0.5, 0.6) is 23.0 Å². The fourth-order valence-corrected chi connectivity index (χ4v) is 7.77. The zero-order valence-corrected chi connectivity index (χ0v) is 33.6. The lowest BCUT2D eigenvalue weighted by atomic mass is 9.97. The number of phenolic OH excluding ortho intramolecular Hbond substituents is 2. The first kappa shape index (κ1) is 49.0. The Hall–Kier alpha value is -3.95. The Balaban J connectivity index is 1.20. The smallest absolute Gasteiger partial charge is 0.239 e. The number of phenols is 2. The molecule has 2 aromatic carbocycles. The lowest BCUT2D eigenvalue weighted by Crippen LogP contribution is -2.65. The number of rotatable bonds is 13. The molecule has 0 saturated carbocycles. The van der Waals surface area contributed by atoms with Gasteiger partial charge in [-0.15, -0.1) is 0 Å². The topological polar surface area (TPSA) is 428 Å². The van der Waals surface area contributed by atoms with Gasteiger partial charge >= 0.3 is 0 Å². The van der Waals surface area contributed by atoms with Crippen molar-refractivity contribution < 1.29 is 124 Å². The Morgan fingerprint density at radius 2 is 0.954 bits per heavy atom. The SMILES string of the molecule is O=c1c(O[C@@H]2O[C@H](CO)[C@@H](O)[C@H](O)[C@H]2O[C@@H]2O[C@H](CO)[C@@H](O)[C@H](O)[C@H]2O)c(-c2ccc(O)cc2)oc2cc(O[C@@H]3O[C@H](CO)[C@@H](O[C@@H]4O[C@H](CO)[C@@H](O)[C@H](O)[C@H]4O)[C@H](O)[C@H]3O)cc(O)c12. The summed E-state index contributed by atoms with van der Waals surface area (Å²) in [5.74, 6) is -2.69. The molecule has 4 aliphatic rings. The summed E-state index contributed by atoms with van der Waals surface area (Å²) in [6.07, 6.45) is -36.5. The van der Waals surface area contributed by atoms with Gasteiger partial charge in [0.05, 0.1) is 26.4 Å². The number of aliphatic hydroxyl groups excluding tert-OH is 14. The highest BCUT2D eigenvalue weighted by molar-refractivity contribution is 5.88. The molecule has 65 heavy (non-hydrogen) atoms. The molecule has 1 aromatic heterocycles. The van der Waals surface area contributed by atoms with Crippen molar-refractivity contribution >= 4 is 11.0 Å². The average Bonchev–Trinajstić information content (AvgIpc) is 3.29. The maximum Gasteiger partial charge on any atom is 0.239 e. The molecule has 16 N–H and O–H groups in total. The van der Waals surface area contributed by atoms with Crippen LogP contribution in [0.4, 0.5) is 0 Å². The molecule has 26 heteroatoms. The number of aliphatic hydroxyl groups is 14. The predicted octanol–water partition coefficient (Wildman–Crippen LogP) is -7.12. The van der Waals surface area contributed by atoms with Crippen molar-refractivity contribution in [3.63, 3.8) is 0 Å².